The van der Waals surface area contributed by atoms with Crippen LogP contribution in [0.25, 0.3) is 0 Å². The fourth-order valence-electron chi connectivity index (χ4n) is 2.38. The van der Waals surface area contributed by atoms with E-state index in [-0.39, 0.29) is 6.10 Å². The van der Waals surface area contributed by atoms with Gasteiger partial charge in [-0.05, 0) is 45.6 Å². The number of hydrogen-bond donors (Lipinski definition) is 1. The van der Waals surface area contributed by atoms with E-state index in [0.29, 0.717) is 12.0 Å². The summed E-state index contributed by atoms with van der Waals surface area (Å²) >= 11 is 0. The topological polar surface area (TPSA) is 23.5 Å². The van der Waals surface area contributed by atoms with Crippen LogP contribution in [0.5, 0.6) is 0 Å². The Bertz CT molecular complexity index is 158. The quantitative estimate of drug-likeness (QED) is 0.734. The summed E-state index contributed by atoms with van der Waals surface area (Å²) in [4.78, 5) is 2.50. The molecule has 0 heterocycles. The van der Waals surface area contributed by atoms with Crippen LogP contribution in [0.2, 0.25) is 0 Å². The summed E-state index contributed by atoms with van der Waals surface area (Å²) in [6, 6.07) is 0.614. The molecule has 1 aliphatic carbocycles. The van der Waals surface area contributed by atoms with Crippen LogP contribution in [0.1, 0.15) is 46.5 Å². The molecule has 2 nitrogen and oxygen atoms in total. The molecule has 1 rings (SSSR count). The summed E-state index contributed by atoms with van der Waals surface area (Å²) in [5, 5.41) is 9.76. The molecule has 14 heavy (non-hydrogen) atoms. The van der Waals surface area contributed by atoms with E-state index in [1.54, 1.807) is 0 Å². The standard InChI is InChI=1S/C12H25NO/c1-4-8-13(10(2)3)9-11-6-5-7-12(11)14/h10-12,14H,4-9H2,1-3H3. The Morgan fingerprint density at radius 3 is 2.50 bits per heavy atom. The molecule has 1 N–H and O–H groups in total. The minimum Gasteiger partial charge on any atom is -0.393 e. The van der Waals surface area contributed by atoms with Crippen molar-refractivity contribution in [1.29, 1.82) is 0 Å². The van der Waals surface area contributed by atoms with Crippen molar-refractivity contribution in [2.45, 2.75) is 58.6 Å². The number of hydrogen-bond acceptors (Lipinski definition) is 2. The van der Waals surface area contributed by atoms with Crippen LogP contribution in [-0.4, -0.2) is 35.2 Å². The van der Waals surface area contributed by atoms with Crippen molar-refractivity contribution in [3.8, 4) is 0 Å². The Morgan fingerprint density at radius 1 is 1.36 bits per heavy atom. The Morgan fingerprint density at radius 2 is 2.07 bits per heavy atom. The molecule has 84 valence electrons. The Kier molecular flexibility index (Phi) is 4.90. The van der Waals surface area contributed by atoms with E-state index in [1.807, 2.05) is 0 Å². The second kappa shape index (κ2) is 5.72. The maximum atomic E-state index is 9.76. The van der Waals surface area contributed by atoms with Gasteiger partial charge in [-0.15, -0.1) is 0 Å². The van der Waals surface area contributed by atoms with Gasteiger partial charge in [-0.3, -0.25) is 0 Å². The highest BCUT2D eigenvalue weighted by molar-refractivity contribution is 4.80. The molecule has 0 aromatic heterocycles. The monoisotopic (exact) mass is 199 g/mol. The second-order valence-electron chi connectivity index (χ2n) is 4.85. The van der Waals surface area contributed by atoms with Crippen LogP contribution < -0.4 is 0 Å². The molecule has 1 saturated carbocycles. The van der Waals surface area contributed by atoms with E-state index in [9.17, 15) is 5.11 Å². The van der Waals surface area contributed by atoms with Gasteiger partial charge < -0.3 is 10.0 Å². The van der Waals surface area contributed by atoms with Gasteiger partial charge in [-0.25, -0.2) is 0 Å². The average Bonchev–Trinajstić information content (AvgIpc) is 2.51. The van der Waals surface area contributed by atoms with E-state index in [4.69, 9.17) is 0 Å². The van der Waals surface area contributed by atoms with E-state index in [0.717, 1.165) is 13.0 Å². The lowest BCUT2D eigenvalue weighted by atomic mass is 10.0. The molecule has 0 radical (unpaired) electrons. The molecule has 0 aliphatic heterocycles. The van der Waals surface area contributed by atoms with Crippen LogP contribution >= 0.6 is 0 Å². The molecule has 2 unspecified atom stereocenters. The maximum Gasteiger partial charge on any atom is 0.0580 e. The second-order valence-corrected chi connectivity index (χ2v) is 4.85. The van der Waals surface area contributed by atoms with Gasteiger partial charge in [0, 0.05) is 12.6 Å². The third kappa shape index (κ3) is 3.25. The van der Waals surface area contributed by atoms with Crippen molar-refractivity contribution >= 4 is 0 Å². The van der Waals surface area contributed by atoms with Gasteiger partial charge in [0.1, 0.15) is 0 Å². The lowest BCUT2D eigenvalue weighted by molar-refractivity contribution is 0.0910. The number of aliphatic hydroxyl groups excluding tert-OH is 1. The molecular formula is C12H25NO. The molecule has 0 aromatic rings. The molecule has 0 amide bonds. The van der Waals surface area contributed by atoms with Crippen LogP contribution in [0.15, 0.2) is 0 Å². The Labute approximate surface area is 88.3 Å². The van der Waals surface area contributed by atoms with Crippen molar-refractivity contribution in [1.82, 2.24) is 4.90 Å². The molecular weight excluding hydrogens is 174 g/mol. The van der Waals surface area contributed by atoms with Gasteiger partial charge in [0.05, 0.1) is 6.10 Å². The predicted molar refractivity (Wildman–Crippen MR) is 60.3 cm³/mol. The van der Waals surface area contributed by atoms with Gasteiger partial charge in [0.15, 0.2) is 0 Å². The number of aliphatic hydroxyl groups is 1. The van der Waals surface area contributed by atoms with Crippen LogP contribution in [0, 0.1) is 5.92 Å². The van der Waals surface area contributed by atoms with Crippen molar-refractivity contribution in [2.75, 3.05) is 13.1 Å². The molecule has 1 fully saturated rings. The lowest BCUT2D eigenvalue weighted by Crippen LogP contribution is -2.38. The van der Waals surface area contributed by atoms with Crippen molar-refractivity contribution in [2.24, 2.45) is 5.92 Å². The highest BCUT2D eigenvalue weighted by atomic mass is 16.3. The molecule has 2 heteroatoms. The number of rotatable bonds is 5. The first-order chi connectivity index (χ1) is 6.65. The summed E-state index contributed by atoms with van der Waals surface area (Å²) in [6.07, 6.45) is 4.62. The van der Waals surface area contributed by atoms with Gasteiger partial charge in [-0.2, -0.15) is 0 Å². The SMILES string of the molecule is CCCN(CC1CCCC1O)C(C)C. The molecule has 0 spiro atoms. The molecule has 0 saturated heterocycles. The van der Waals surface area contributed by atoms with Gasteiger partial charge >= 0.3 is 0 Å². The minimum atomic E-state index is -0.0342. The van der Waals surface area contributed by atoms with Crippen LogP contribution in [-0.2, 0) is 0 Å². The third-order valence-electron chi connectivity index (χ3n) is 3.33. The van der Waals surface area contributed by atoms with Gasteiger partial charge in [0.25, 0.3) is 0 Å². The zero-order valence-electron chi connectivity index (χ0n) is 9.87. The molecule has 0 bridgehead atoms. The first-order valence-corrected chi connectivity index (χ1v) is 6.07. The molecule has 1 aliphatic rings. The van der Waals surface area contributed by atoms with E-state index >= 15 is 0 Å². The fourth-order valence-corrected chi connectivity index (χ4v) is 2.38. The Hall–Kier alpha value is -0.0800. The van der Waals surface area contributed by atoms with E-state index in [1.165, 1.54) is 25.8 Å². The third-order valence-corrected chi connectivity index (χ3v) is 3.33. The van der Waals surface area contributed by atoms with E-state index in [2.05, 4.69) is 25.7 Å². The summed E-state index contributed by atoms with van der Waals surface area (Å²) in [7, 11) is 0. The van der Waals surface area contributed by atoms with Crippen molar-refractivity contribution in [3.63, 3.8) is 0 Å². The first-order valence-electron chi connectivity index (χ1n) is 6.07. The van der Waals surface area contributed by atoms with Gasteiger partial charge in [0.2, 0.25) is 0 Å². The highest BCUT2D eigenvalue weighted by Gasteiger charge is 2.27. The van der Waals surface area contributed by atoms with E-state index < -0.39 is 0 Å². The average molecular weight is 199 g/mol. The Balaban J connectivity index is 2.37. The predicted octanol–water partition coefficient (Wildman–Crippen LogP) is 2.27. The zero-order chi connectivity index (χ0) is 10.6. The summed E-state index contributed by atoms with van der Waals surface area (Å²) in [5.74, 6) is 0.531. The minimum absolute atomic E-state index is 0.0342. The van der Waals surface area contributed by atoms with Crippen LogP contribution in [0.4, 0.5) is 0 Å². The maximum absolute atomic E-state index is 9.76. The van der Waals surface area contributed by atoms with Crippen LogP contribution in [0.3, 0.4) is 0 Å². The van der Waals surface area contributed by atoms with Gasteiger partial charge in [-0.1, -0.05) is 13.3 Å². The highest BCUT2D eigenvalue weighted by Crippen LogP contribution is 2.26. The van der Waals surface area contributed by atoms with Crippen molar-refractivity contribution < 1.29 is 5.11 Å². The summed E-state index contributed by atoms with van der Waals surface area (Å²) < 4.78 is 0. The smallest absolute Gasteiger partial charge is 0.0580 e. The van der Waals surface area contributed by atoms with Crippen molar-refractivity contribution in [3.05, 3.63) is 0 Å². The molecule has 0 aromatic carbocycles. The zero-order valence-corrected chi connectivity index (χ0v) is 9.87. The summed E-state index contributed by atoms with van der Waals surface area (Å²) in [5.41, 5.74) is 0. The first kappa shape index (κ1) is 12.0. The molecule has 2 atom stereocenters. The normalized spacial score (nSPS) is 27.9. The summed E-state index contributed by atoms with van der Waals surface area (Å²) in [6.45, 7) is 8.97. The fraction of sp³-hybridized carbons (Fsp3) is 1.00. The lowest BCUT2D eigenvalue weighted by Gasteiger charge is -2.30. The number of nitrogens with zero attached hydrogens (tertiary/aromatic N) is 1. The largest absolute Gasteiger partial charge is 0.393 e.